The van der Waals surface area contributed by atoms with Crippen LogP contribution in [-0.2, 0) is 14.3 Å². The van der Waals surface area contributed by atoms with Gasteiger partial charge in [-0.05, 0) is 19.3 Å². The molecule has 98 valence electrons. The molecule has 0 heterocycles. The number of hydrogen-bond donors (Lipinski definition) is 1. The van der Waals surface area contributed by atoms with E-state index in [0.717, 1.165) is 12.8 Å². The molecule has 1 aliphatic rings. The van der Waals surface area contributed by atoms with Gasteiger partial charge in [0.1, 0.15) is 5.78 Å². The first-order valence-electron chi connectivity index (χ1n) is 6.49. The highest BCUT2D eigenvalue weighted by Gasteiger charge is 2.18. The van der Waals surface area contributed by atoms with Crippen molar-refractivity contribution in [3.05, 3.63) is 0 Å². The summed E-state index contributed by atoms with van der Waals surface area (Å²) >= 11 is 0. The van der Waals surface area contributed by atoms with E-state index in [1.54, 1.807) is 0 Å². The SMILES string of the molecule is CC(C)C(=O)CCOCCC(=O)NC1CCC1. The zero-order valence-electron chi connectivity index (χ0n) is 10.8. The summed E-state index contributed by atoms with van der Waals surface area (Å²) in [7, 11) is 0. The molecule has 0 saturated heterocycles. The van der Waals surface area contributed by atoms with Crippen molar-refractivity contribution >= 4 is 11.7 Å². The second-order valence-electron chi connectivity index (χ2n) is 4.93. The minimum Gasteiger partial charge on any atom is -0.380 e. The molecule has 0 spiro atoms. The number of Topliss-reactive ketones (excluding diaryl/α,β-unsaturated/α-hetero) is 1. The molecule has 1 N–H and O–H groups in total. The van der Waals surface area contributed by atoms with Crippen LogP contribution in [0.5, 0.6) is 0 Å². The van der Waals surface area contributed by atoms with Crippen molar-refractivity contribution < 1.29 is 14.3 Å². The number of carbonyl (C=O) groups excluding carboxylic acids is 2. The van der Waals surface area contributed by atoms with Gasteiger partial charge in [-0.3, -0.25) is 9.59 Å². The molecule has 0 bridgehead atoms. The van der Waals surface area contributed by atoms with Crippen LogP contribution >= 0.6 is 0 Å². The molecule has 4 nitrogen and oxygen atoms in total. The van der Waals surface area contributed by atoms with Gasteiger partial charge >= 0.3 is 0 Å². The molecule has 1 aliphatic carbocycles. The van der Waals surface area contributed by atoms with E-state index in [9.17, 15) is 9.59 Å². The van der Waals surface area contributed by atoms with Gasteiger partial charge in [0.05, 0.1) is 13.2 Å². The first-order chi connectivity index (χ1) is 8.09. The zero-order valence-corrected chi connectivity index (χ0v) is 10.8. The molecule has 1 rings (SSSR count). The summed E-state index contributed by atoms with van der Waals surface area (Å²) in [6.45, 7) is 4.60. The smallest absolute Gasteiger partial charge is 0.222 e. The van der Waals surface area contributed by atoms with Gasteiger partial charge in [-0.1, -0.05) is 13.8 Å². The number of amides is 1. The van der Waals surface area contributed by atoms with Crippen LogP contribution in [0.15, 0.2) is 0 Å². The highest BCUT2D eigenvalue weighted by molar-refractivity contribution is 5.80. The Kier molecular flexibility index (Phi) is 6.19. The quantitative estimate of drug-likeness (QED) is 0.658. The first-order valence-corrected chi connectivity index (χ1v) is 6.49. The minimum absolute atomic E-state index is 0.0601. The van der Waals surface area contributed by atoms with Gasteiger partial charge in [-0.25, -0.2) is 0 Å². The zero-order chi connectivity index (χ0) is 12.7. The van der Waals surface area contributed by atoms with Crippen LogP contribution < -0.4 is 5.32 Å². The van der Waals surface area contributed by atoms with Gasteiger partial charge in [-0.2, -0.15) is 0 Å². The maximum atomic E-state index is 11.4. The minimum atomic E-state index is 0.0601. The van der Waals surface area contributed by atoms with E-state index in [1.165, 1.54) is 6.42 Å². The molecular weight excluding hydrogens is 218 g/mol. The van der Waals surface area contributed by atoms with Gasteiger partial charge in [0.2, 0.25) is 5.91 Å². The van der Waals surface area contributed by atoms with Gasteiger partial charge in [0, 0.05) is 24.8 Å². The Morgan fingerprint density at radius 3 is 2.41 bits per heavy atom. The van der Waals surface area contributed by atoms with E-state index in [1.807, 2.05) is 13.8 Å². The van der Waals surface area contributed by atoms with E-state index in [2.05, 4.69) is 5.32 Å². The third-order valence-corrected chi connectivity index (χ3v) is 3.08. The van der Waals surface area contributed by atoms with Crippen molar-refractivity contribution in [1.29, 1.82) is 0 Å². The van der Waals surface area contributed by atoms with Crippen molar-refractivity contribution in [2.24, 2.45) is 5.92 Å². The fourth-order valence-electron chi connectivity index (χ4n) is 1.58. The maximum Gasteiger partial charge on any atom is 0.222 e. The van der Waals surface area contributed by atoms with Crippen LogP contribution in [0.1, 0.15) is 46.0 Å². The maximum absolute atomic E-state index is 11.4. The number of rotatable bonds is 8. The van der Waals surface area contributed by atoms with E-state index >= 15 is 0 Å². The lowest BCUT2D eigenvalue weighted by molar-refractivity contribution is -0.123. The molecule has 1 amide bonds. The molecule has 0 aromatic rings. The Labute approximate surface area is 103 Å². The average molecular weight is 241 g/mol. The molecule has 0 radical (unpaired) electrons. The lowest BCUT2D eigenvalue weighted by Gasteiger charge is -2.26. The summed E-state index contributed by atoms with van der Waals surface area (Å²) in [5.74, 6) is 0.342. The Morgan fingerprint density at radius 2 is 1.88 bits per heavy atom. The molecule has 0 atom stereocenters. The van der Waals surface area contributed by atoms with Gasteiger partial charge < -0.3 is 10.1 Å². The monoisotopic (exact) mass is 241 g/mol. The third-order valence-electron chi connectivity index (χ3n) is 3.08. The number of carbonyl (C=O) groups is 2. The van der Waals surface area contributed by atoms with E-state index in [0.29, 0.717) is 32.1 Å². The summed E-state index contributed by atoms with van der Waals surface area (Å²) in [6, 6.07) is 0.394. The molecular formula is C13H23NO3. The molecule has 0 unspecified atom stereocenters. The van der Waals surface area contributed by atoms with Crippen LogP contribution in [0.3, 0.4) is 0 Å². The van der Waals surface area contributed by atoms with Crippen LogP contribution in [0.25, 0.3) is 0 Å². The Bertz CT molecular complexity index is 259. The van der Waals surface area contributed by atoms with Crippen molar-refractivity contribution in [2.45, 2.75) is 52.0 Å². The first kappa shape index (κ1) is 14.2. The van der Waals surface area contributed by atoms with Crippen LogP contribution in [-0.4, -0.2) is 30.9 Å². The highest BCUT2D eigenvalue weighted by atomic mass is 16.5. The second kappa shape index (κ2) is 7.43. The molecule has 1 fully saturated rings. The molecule has 17 heavy (non-hydrogen) atoms. The summed E-state index contributed by atoms with van der Waals surface area (Å²) in [5, 5.41) is 2.95. The summed E-state index contributed by atoms with van der Waals surface area (Å²) in [6.07, 6.45) is 4.28. The summed E-state index contributed by atoms with van der Waals surface area (Å²) in [4.78, 5) is 22.7. The van der Waals surface area contributed by atoms with Crippen molar-refractivity contribution in [1.82, 2.24) is 5.32 Å². The highest BCUT2D eigenvalue weighted by Crippen LogP contribution is 2.17. The van der Waals surface area contributed by atoms with E-state index in [4.69, 9.17) is 4.74 Å². The fraction of sp³-hybridized carbons (Fsp3) is 0.846. The third kappa shape index (κ3) is 5.82. The number of nitrogens with one attached hydrogen (secondary N) is 1. The number of hydrogen-bond acceptors (Lipinski definition) is 3. The van der Waals surface area contributed by atoms with Gasteiger partial charge in [-0.15, -0.1) is 0 Å². The van der Waals surface area contributed by atoms with Crippen molar-refractivity contribution in [3.8, 4) is 0 Å². The largest absolute Gasteiger partial charge is 0.380 e. The Hall–Kier alpha value is -0.900. The van der Waals surface area contributed by atoms with Crippen LogP contribution in [0.4, 0.5) is 0 Å². The number of ketones is 1. The topological polar surface area (TPSA) is 55.4 Å². The second-order valence-corrected chi connectivity index (χ2v) is 4.93. The average Bonchev–Trinajstić information content (AvgIpc) is 2.22. The summed E-state index contributed by atoms with van der Waals surface area (Å²) < 4.78 is 5.28. The van der Waals surface area contributed by atoms with E-state index < -0.39 is 0 Å². The Morgan fingerprint density at radius 1 is 1.24 bits per heavy atom. The molecule has 1 saturated carbocycles. The number of ether oxygens (including phenoxy) is 1. The van der Waals surface area contributed by atoms with Gasteiger partial charge in [0.15, 0.2) is 0 Å². The molecule has 0 aromatic heterocycles. The molecule has 4 heteroatoms. The molecule has 0 aromatic carbocycles. The Balaban J connectivity index is 1.92. The normalized spacial score (nSPS) is 15.7. The standard InChI is InChI=1S/C13H23NO3/c1-10(2)12(15)6-8-17-9-7-13(16)14-11-4-3-5-11/h10-11H,3-9H2,1-2H3,(H,14,16). The fourth-order valence-corrected chi connectivity index (χ4v) is 1.58. The van der Waals surface area contributed by atoms with Crippen LogP contribution in [0, 0.1) is 5.92 Å². The predicted octanol–water partition coefficient (Wildman–Crippen LogP) is 1.68. The molecule has 0 aliphatic heterocycles. The lowest BCUT2D eigenvalue weighted by Crippen LogP contribution is -2.39. The van der Waals surface area contributed by atoms with Crippen molar-refractivity contribution in [3.63, 3.8) is 0 Å². The van der Waals surface area contributed by atoms with Gasteiger partial charge in [0.25, 0.3) is 0 Å². The predicted molar refractivity (Wildman–Crippen MR) is 65.7 cm³/mol. The van der Waals surface area contributed by atoms with Crippen molar-refractivity contribution in [2.75, 3.05) is 13.2 Å². The summed E-state index contributed by atoms with van der Waals surface area (Å²) in [5.41, 5.74) is 0. The van der Waals surface area contributed by atoms with Crippen LogP contribution in [0.2, 0.25) is 0 Å². The lowest BCUT2D eigenvalue weighted by atomic mass is 9.93. The van der Waals surface area contributed by atoms with E-state index in [-0.39, 0.29) is 17.6 Å².